The minimum absolute atomic E-state index is 0.128. The van der Waals surface area contributed by atoms with Gasteiger partial charge in [-0.05, 0) is 29.8 Å². The summed E-state index contributed by atoms with van der Waals surface area (Å²) in [4.78, 5) is 16.4. The first-order valence-electron chi connectivity index (χ1n) is 8.21. The molecule has 0 N–H and O–H groups in total. The van der Waals surface area contributed by atoms with Crippen LogP contribution in [0, 0.1) is 11.6 Å². The maximum Gasteiger partial charge on any atom is 0.257 e. The van der Waals surface area contributed by atoms with E-state index < -0.39 is 5.82 Å². The maximum atomic E-state index is 13.5. The summed E-state index contributed by atoms with van der Waals surface area (Å²) in [5, 5.41) is 0. The fraction of sp³-hybridized carbons (Fsp3) is 0.316. The smallest absolute Gasteiger partial charge is 0.257 e. The maximum absolute atomic E-state index is 13.5. The van der Waals surface area contributed by atoms with Crippen LogP contribution in [0.15, 0.2) is 42.5 Å². The molecule has 2 heterocycles. The molecule has 0 bridgehead atoms. The lowest BCUT2D eigenvalue weighted by Gasteiger charge is -2.25. The Bertz CT molecular complexity index is 827. The van der Waals surface area contributed by atoms with Crippen molar-refractivity contribution in [3.05, 3.63) is 65.2 Å². The second-order valence-corrected chi connectivity index (χ2v) is 6.60. The topological polar surface area (TPSA) is 32.8 Å². The molecule has 0 radical (unpaired) electrons. The van der Waals surface area contributed by atoms with E-state index in [0.29, 0.717) is 25.2 Å². The second kappa shape index (κ2) is 6.11. The molecule has 2 unspecified atom stereocenters. The number of carbonyl (C=O) groups excluding carboxylic acids is 1. The molecule has 2 aromatic rings. The zero-order chi connectivity index (χ0) is 17.6. The molecule has 0 saturated carbocycles. The first-order chi connectivity index (χ1) is 12.0. The van der Waals surface area contributed by atoms with Crippen LogP contribution >= 0.6 is 0 Å². The van der Waals surface area contributed by atoms with Crippen LogP contribution in [0.3, 0.4) is 0 Å². The van der Waals surface area contributed by atoms with Crippen LogP contribution in [0.25, 0.3) is 0 Å². The van der Waals surface area contributed by atoms with Crippen molar-refractivity contribution in [2.45, 2.75) is 18.7 Å². The molecule has 4 nitrogen and oxygen atoms in total. The summed E-state index contributed by atoms with van der Waals surface area (Å²) < 4.78 is 32.9. The third-order valence-electron chi connectivity index (χ3n) is 4.88. The van der Waals surface area contributed by atoms with Crippen molar-refractivity contribution in [3.8, 4) is 5.75 Å². The highest BCUT2D eigenvalue weighted by Crippen LogP contribution is 2.31. The number of halogens is 2. The summed E-state index contributed by atoms with van der Waals surface area (Å²) in [6.07, 6.45) is -0.245. The summed E-state index contributed by atoms with van der Waals surface area (Å²) in [6.45, 7) is 1.79. The third-order valence-corrected chi connectivity index (χ3v) is 4.88. The number of carbonyl (C=O) groups is 1. The van der Waals surface area contributed by atoms with Gasteiger partial charge >= 0.3 is 0 Å². The van der Waals surface area contributed by atoms with Crippen LogP contribution in [0.2, 0.25) is 0 Å². The van der Waals surface area contributed by atoms with Gasteiger partial charge in [0.2, 0.25) is 0 Å². The Kier molecular flexibility index (Phi) is 3.92. The van der Waals surface area contributed by atoms with Crippen molar-refractivity contribution in [2.24, 2.45) is 0 Å². The minimum atomic E-state index is -0.428. The molecule has 25 heavy (non-hydrogen) atoms. The predicted octanol–water partition coefficient (Wildman–Crippen LogP) is 2.68. The zero-order valence-electron chi connectivity index (χ0n) is 13.8. The lowest BCUT2D eigenvalue weighted by molar-refractivity contribution is 0.0682. The fourth-order valence-electron chi connectivity index (χ4n) is 3.62. The predicted molar refractivity (Wildman–Crippen MR) is 88.4 cm³/mol. The molecule has 1 fully saturated rings. The summed E-state index contributed by atoms with van der Waals surface area (Å²) in [7, 11) is 1.74. The Morgan fingerprint density at radius 1 is 1.12 bits per heavy atom. The van der Waals surface area contributed by atoms with Gasteiger partial charge in [-0.3, -0.25) is 9.69 Å². The molecule has 2 aliphatic rings. The van der Waals surface area contributed by atoms with E-state index in [9.17, 15) is 13.6 Å². The zero-order valence-corrected chi connectivity index (χ0v) is 13.8. The van der Waals surface area contributed by atoms with Crippen LogP contribution in [0.5, 0.6) is 5.75 Å². The van der Waals surface area contributed by atoms with Crippen molar-refractivity contribution in [1.29, 1.82) is 0 Å². The van der Waals surface area contributed by atoms with Crippen LogP contribution in [-0.4, -0.2) is 48.0 Å². The van der Waals surface area contributed by atoms with Crippen LogP contribution in [-0.2, 0) is 6.54 Å². The van der Waals surface area contributed by atoms with E-state index >= 15 is 0 Å². The molecule has 0 aromatic heterocycles. The molecule has 130 valence electrons. The van der Waals surface area contributed by atoms with E-state index in [1.165, 1.54) is 30.3 Å². The molecule has 0 spiro atoms. The van der Waals surface area contributed by atoms with Crippen LogP contribution < -0.4 is 4.74 Å². The average Bonchev–Trinajstić information content (AvgIpc) is 2.92. The molecular formula is C19H18F2N2O2. The number of nitrogens with zero attached hydrogens (tertiary/aromatic N) is 2. The highest BCUT2D eigenvalue weighted by Gasteiger charge is 2.42. The number of amides is 1. The Balaban J connectivity index is 1.57. The van der Waals surface area contributed by atoms with Crippen molar-refractivity contribution >= 4 is 5.91 Å². The Morgan fingerprint density at radius 2 is 1.92 bits per heavy atom. The lowest BCUT2D eigenvalue weighted by Crippen LogP contribution is -2.44. The average molecular weight is 344 g/mol. The Hall–Kier alpha value is -2.47. The Morgan fingerprint density at radius 3 is 2.72 bits per heavy atom. The largest absolute Gasteiger partial charge is 0.486 e. The molecule has 2 atom stereocenters. The fourth-order valence-corrected chi connectivity index (χ4v) is 3.62. The van der Waals surface area contributed by atoms with E-state index in [4.69, 9.17) is 4.74 Å². The summed E-state index contributed by atoms with van der Waals surface area (Å²) in [6, 6.07) is 10.4. The highest BCUT2D eigenvalue weighted by atomic mass is 19.1. The van der Waals surface area contributed by atoms with E-state index in [1.807, 2.05) is 6.07 Å². The number of likely N-dealkylation sites (N-methyl/N-ethyl adjacent to an activating group) is 1. The normalized spacial score (nSPS) is 23.0. The highest BCUT2D eigenvalue weighted by molar-refractivity contribution is 5.97. The molecule has 1 saturated heterocycles. The van der Waals surface area contributed by atoms with E-state index in [2.05, 4.69) is 4.90 Å². The number of likely N-dealkylation sites (tertiary alicyclic amines) is 1. The van der Waals surface area contributed by atoms with Gasteiger partial charge in [0.1, 0.15) is 23.5 Å². The van der Waals surface area contributed by atoms with Crippen molar-refractivity contribution < 1.29 is 18.3 Å². The molecule has 0 aliphatic carbocycles. The molecule has 2 aliphatic heterocycles. The van der Waals surface area contributed by atoms with E-state index in [1.54, 1.807) is 18.0 Å². The van der Waals surface area contributed by atoms with Gasteiger partial charge < -0.3 is 9.64 Å². The number of rotatable bonds is 2. The van der Waals surface area contributed by atoms with Gasteiger partial charge in [0.25, 0.3) is 5.91 Å². The summed E-state index contributed by atoms with van der Waals surface area (Å²) in [5.41, 5.74) is 1.26. The standard InChI is InChI=1S/C19H18F2N2O2/c1-22-16-10-23(9-12-3-2-4-13(20)7-12)11-18(16)25-17-8-14(21)5-6-15(17)19(22)24/h2-8,16,18H,9-11H2,1H3. The molecule has 1 amide bonds. The van der Waals surface area contributed by atoms with Gasteiger partial charge in [0.15, 0.2) is 0 Å². The number of fused-ring (bicyclic) bond motifs is 2. The van der Waals surface area contributed by atoms with Gasteiger partial charge in [-0.15, -0.1) is 0 Å². The molecular weight excluding hydrogens is 326 g/mol. The number of ether oxygens (including phenoxy) is 1. The summed E-state index contributed by atoms with van der Waals surface area (Å²) >= 11 is 0. The second-order valence-electron chi connectivity index (χ2n) is 6.60. The first kappa shape index (κ1) is 16.0. The third kappa shape index (κ3) is 2.98. The monoisotopic (exact) mass is 344 g/mol. The van der Waals surface area contributed by atoms with Gasteiger partial charge in [0.05, 0.1) is 11.6 Å². The van der Waals surface area contributed by atoms with Crippen LogP contribution in [0.4, 0.5) is 8.78 Å². The number of benzene rings is 2. The van der Waals surface area contributed by atoms with E-state index in [0.717, 1.165) is 5.56 Å². The first-order valence-corrected chi connectivity index (χ1v) is 8.21. The minimum Gasteiger partial charge on any atom is -0.486 e. The van der Waals surface area contributed by atoms with Crippen molar-refractivity contribution in [1.82, 2.24) is 9.80 Å². The quantitative estimate of drug-likeness (QED) is 0.840. The molecule has 6 heteroatoms. The van der Waals surface area contributed by atoms with Crippen LogP contribution in [0.1, 0.15) is 15.9 Å². The molecule has 2 aromatic carbocycles. The van der Waals surface area contributed by atoms with E-state index in [-0.39, 0.29) is 29.6 Å². The lowest BCUT2D eigenvalue weighted by atomic mass is 10.1. The Labute approximate surface area is 144 Å². The molecule has 4 rings (SSSR count). The van der Waals surface area contributed by atoms with Gasteiger partial charge in [-0.25, -0.2) is 8.78 Å². The van der Waals surface area contributed by atoms with Crippen molar-refractivity contribution in [2.75, 3.05) is 20.1 Å². The van der Waals surface area contributed by atoms with Gasteiger partial charge in [-0.1, -0.05) is 12.1 Å². The summed E-state index contributed by atoms with van der Waals surface area (Å²) in [5.74, 6) is -0.576. The SMILES string of the molecule is CN1C(=O)c2ccc(F)cc2OC2CN(Cc3cccc(F)c3)CC21. The van der Waals surface area contributed by atoms with Gasteiger partial charge in [-0.2, -0.15) is 0 Å². The number of hydrogen-bond acceptors (Lipinski definition) is 3. The van der Waals surface area contributed by atoms with Crippen molar-refractivity contribution in [3.63, 3.8) is 0 Å². The number of hydrogen-bond donors (Lipinski definition) is 0. The van der Waals surface area contributed by atoms with Gasteiger partial charge in [0, 0.05) is 32.7 Å².